The molecular weight excluding hydrogens is 354 g/mol. The van der Waals surface area contributed by atoms with Gasteiger partial charge in [0.15, 0.2) is 0 Å². The average Bonchev–Trinajstić information content (AvgIpc) is 2.76. The number of halogens is 1. The van der Waals surface area contributed by atoms with Crippen molar-refractivity contribution in [1.29, 1.82) is 0 Å². The molecule has 2 heterocycles. The minimum Gasteiger partial charge on any atom is -0.481 e. The van der Waals surface area contributed by atoms with Gasteiger partial charge in [-0.15, -0.1) is 11.3 Å². The zero-order valence-corrected chi connectivity index (χ0v) is 13.5. The summed E-state index contributed by atoms with van der Waals surface area (Å²) in [7, 11) is -3.61. The van der Waals surface area contributed by atoms with E-state index < -0.39 is 21.4 Å². The molecule has 106 valence electrons. The Hall–Kier alpha value is -0.440. The SMILES string of the molecule is CC1(C(=O)O)CCCN(S(=O)(=O)c2sccc2Br)C1. The van der Waals surface area contributed by atoms with E-state index in [2.05, 4.69) is 15.9 Å². The van der Waals surface area contributed by atoms with Crippen LogP contribution in [0.15, 0.2) is 20.1 Å². The number of thiophene rings is 1. The number of carboxylic acid groups (broad SMARTS) is 1. The molecule has 1 aromatic rings. The summed E-state index contributed by atoms with van der Waals surface area (Å²) in [5.74, 6) is -0.947. The lowest BCUT2D eigenvalue weighted by molar-refractivity contribution is -0.150. The van der Waals surface area contributed by atoms with E-state index in [4.69, 9.17) is 0 Å². The van der Waals surface area contributed by atoms with Crippen molar-refractivity contribution in [2.24, 2.45) is 5.41 Å². The number of nitrogens with zero attached hydrogens (tertiary/aromatic N) is 1. The van der Waals surface area contributed by atoms with Crippen LogP contribution in [0.5, 0.6) is 0 Å². The van der Waals surface area contributed by atoms with Gasteiger partial charge in [-0.25, -0.2) is 8.42 Å². The summed E-state index contributed by atoms with van der Waals surface area (Å²) in [5, 5.41) is 10.9. The van der Waals surface area contributed by atoms with Crippen molar-refractivity contribution >= 4 is 43.3 Å². The largest absolute Gasteiger partial charge is 0.481 e. The second-order valence-electron chi connectivity index (χ2n) is 4.86. The molecule has 0 radical (unpaired) electrons. The molecule has 0 bridgehead atoms. The van der Waals surface area contributed by atoms with Crippen molar-refractivity contribution in [3.8, 4) is 0 Å². The first-order valence-electron chi connectivity index (χ1n) is 5.74. The minimum atomic E-state index is -3.61. The maximum atomic E-state index is 12.5. The summed E-state index contributed by atoms with van der Waals surface area (Å²) in [4.78, 5) is 11.3. The van der Waals surface area contributed by atoms with Gasteiger partial charge in [-0.1, -0.05) is 0 Å². The number of sulfonamides is 1. The number of aliphatic carboxylic acids is 1. The van der Waals surface area contributed by atoms with E-state index in [1.165, 1.54) is 4.31 Å². The number of carbonyl (C=O) groups is 1. The van der Waals surface area contributed by atoms with E-state index in [1.807, 2.05) is 0 Å². The molecule has 0 amide bonds. The molecule has 1 fully saturated rings. The van der Waals surface area contributed by atoms with Gasteiger partial charge >= 0.3 is 5.97 Å². The fourth-order valence-corrected chi connectivity index (χ4v) is 6.21. The van der Waals surface area contributed by atoms with Crippen molar-refractivity contribution in [3.63, 3.8) is 0 Å². The van der Waals surface area contributed by atoms with Crippen LogP contribution in [0.25, 0.3) is 0 Å². The van der Waals surface area contributed by atoms with Crippen molar-refractivity contribution in [1.82, 2.24) is 4.31 Å². The van der Waals surface area contributed by atoms with E-state index >= 15 is 0 Å². The first-order valence-corrected chi connectivity index (χ1v) is 8.85. The Morgan fingerprint density at radius 2 is 2.26 bits per heavy atom. The molecule has 8 heteroatoms. The molecule has 1 aliphatic rings. The van der Waals surface area contributed by atoms with E-state index in [-0.39, 0.29) is 10.8 Å². The van der Waals surface area contributed by atoms with Crippen LogP contribution in [0.1, 0.15) is 19.8 Å². The van der Waals surface area contributed by atoms with Gasteiger partial charge < -0.3 is 5.11 Å². The molecule has 5 nitrogen and oxygen atoms in total. The van der Waals surface area contributed by atoms with Crippen molar-refractivity contribution < 1.29 is 18.3 Å². The van der Waals surface area contributed by atoms with Gasteiger partial charge in [0.1, 0.15) is 4.21 Å². The van der Waals surface area contributed by atoms with Crippen LogP contribution < -0.4 is 0 Å². The topological polar surface area (TPSA) is 74.7 Å². The van der Waals surface area contributed by atoms with Crippen LogP contribution in [0.4, 0.5) is 0 Å². The molecule has 1 atom stereocenters. The Morgan fingerprint density at radius 1 is 1.58 bits per heavy atom. The van der Waals surface area contributed by atoms with Crippen LogP contribution in [0.2, 0.25) is 0 Å². The molecule has 1 unspecified atom stereocenters. The van der Waals surface area contributed by atoms with E-state index in [9.17, 15) is 18.3 Å². The molecule has 0 spiro atoms. The molecule has 0 aromatic carbocycles. The molecule has 1 N–H and O–H groups in total. The fraction of sp³-hybridized carbons (Fsp3) is 0.545. The zero-order valence-electron chi connectivity index (χ0n) is 10.3. The second-order valence-corrected chi connectivity index (χ2v) is 8.77. The van der Waals surface area contributed by atoms with Crippen LogP contribution in [0.3, 0.4) is 0 Å². The Bertz CT molecular complexity index is 598. The molecule has 2 rings (SSSR count). The predicted octanol–water partition coefficient (Wildman–Crippen LogP) is 2.39. The van der Waals surface area contributed by atoms with Gasteiger partial charge in [-0.3, -0.25) is 4.79 Å². The molecule has 1 saturated heterocycles. The molecule has 1 aliphatic heterocycles. The van der Waals surface area contributed by atoms with Gasteiger partial charge in [0.25, 0.3) is 10.0 Å². The Balaban J connectivity index is 2.32. The Labute approximate surface area is 124 Å². The van der Waals surface area contributed by atoms with Crippen molar-refractivity contribution in [3.05, 3.63) is 15.9 Å². The van der Waals surface area contributed by atoms with Gasteiger partial charge in [0.05, 0.1) is 5.41 Å². The summed E-state index contributed by atoms with van der Waals surface area (Å²) in [5.41, 5.74) is -1.00. The third kappa shape index (κ3) is 2.72. The molecule has 1 aromatic heterocycles. The summed E-state index contributed by atoms with van der Waals surface area (Å²) < 4.78 is 27.0. The quantitative estimate of drug-likeness (QED) is 0.889. The van der Waals surface area contributed by atoms with E-state index in [0.717, 1.165) is 11.3 Å². The number of rotatable bonds is 3. The zero-order chi connectivity index (χ0) is 14.3. The Morgan fingerprint density at radius 3 is 2.79 bits per heavy atom. The van der Waals surface area contributed by atoms with Gasteiger partial charge in [0.2, 0.25) is 0 Å². The average molecular weight is 368 g/mol. The third-order valence-electron chi connectivity index (χ3n) is 3.34. The third-order valence-corrected chi connectivity index (χ3v) is 7.83. The highest BCUT2D eigenvalue weighted by atomic mass is 79.9. The smallest absolute Gasteiger partial charge is 0.310 e. The maximum absolute atomic E-state index is 12.5. The molecular formula is C11H14BrNO4S2. The summed E-state index contributed by atoms with van der Waals surface area (Å²) >= 11 is 4.35. The minimum absolute atomic E-state index is 0.0228. The lowest BCUT2D eigenvalue weighted by Gasteiger charge is -2.36. The number of piperidine rings is 1. The standard InChI is InChI=1S/C11H14BrNO4S2/c1-11(10(14)15)4-2-5-13(7-11)19(16,17)9-8(12)3-6-18-9/h3,6H,2,4-5,7H2,1H3,(H,14,15). The number of carboxylic acids is 1. The van der Waals surface area contributed by atoms with E-state index in [1.54, 1.807) is 18.4 Å². The van der Waals surface area contributed by atoms with Crippen LogP contribution >= 0.6 is 27.3 Å². The second kappa shape index (κ2) is 5.16. The summed E-state index contributed by atoms with van der Waals surface area (Å²) in [6, 6.07) is 1.68. The van der Waals surface area contributed by atoms with Crippen LogP contribution in [-0.2, 0) is 14.8 Å². The van der Waals surface area contributed by atoms with E-state index in [0.29, 0.717) is 23.9 Å². The Kier molecular flexibility index (Phi) is 4.06. The molecule has 0 aliphatic carbocycles. The summed E-state index contributed by atoms with van der Waals surface area (Å²) in [6.45, 7) is 1.99. The normalized spacial score (nSPS) is 25.4. The lowest BCUT2D eigenvalue weighted by Crippen LogP contribution is -2.48. The highest BCUT2D eigenvalue weighted by Gasteiger charge is 2.42. The first kappa shape index (κ1) is 15.0. The van der Waals surface area contributed by atoms with Crippen molar-refractivity contribution in [2.75, 3.05) is 13.1 Å². The van der Waals surface area contributed by atoms with Crippen LogP contribution in [0, 0.1) is 5.41 Å². The van der Waals surface area contributed by atoms with Gasteiger partial charge in [-0.2, -0.15) is 4.31 Å². The molecule has 19 heavy (non-hydrogen) atoms. The lowest BCUT2D eigenvalue weighted by atomic mass is 9.83. The fourth-order valence-electron chi connectivity index (χ4n) is 2.15. The maximum Gasteiger partial charge on any atom is 0.310 e. The van der Waals surface area contributed by atoms with Gasteiger partial charge in [0, 0.05) is 17.6 Å². The summed E-state index contributed by atoms with van der Waals surface area (Å²) in [6.07, 6.45) is 1.06. The van der Waals surface area contributed by atoms with Crippen LogP contribution in [-0.4, -0.2) is 36.9 Å². The van der Waals surface area contributed by atoms with Gasteiger partial charge in [-0.05, 0) is 47.1 Å². The highest BCUT2D eigenvalue weighted by molar-refractivity contribution is 9.10. The predicted molar refractivity (Wildman–Crippen MR) is 75.8 cm³/mol. The van der Waals surface area contributed by atoms with Crippen molar-refractivity contribution in [2.45, 2.75) is 24.0 Å². The highest BCUT2D eigenvalue weighted by Crippen LogP contribution is 2.36. The number of hydrogen-bond acceptors (Lipinski definition) is 4. The number of hydrogen-bond donors (Lipinski definition) is 1. The first-order chi connectivity index (χ1) is 8.77. The molecule has 0 saturated carbocycles. The monoisotopic (exact) mass is 367 g/mol.